The first-order valence-electron chi connectivity index (χ1n) is 13.1. The van der Waals surface area contributed by atoms with Crippen molar-refractivity contribution in [2.24, 2.45) is 0 Å². The van der Waals surface area contributed by atoms with E-state index in [1.54, 1.807) is 12.1 Å². The lowest BCUT2D eigenvalue weighted by Crippen LogP contribution is -2.60. The van der Waals surface area contributed by atoms with E-state index in [0.29, 0.717) is 30.6 Å². The van der Waals surface area contributed by atoms with Crippen molar-refractivity contribution < 1.29 is 40.8 Å². The SMILES string of the molecule is [2H]C(CCCC)C(=O)OC[C@H]1OC(Oc2cc(CO)ccc2Cc2ccc(CC)cc2)[C@H](O)[C@@H](O)[C@@H]1O. The number of ether oxygens (including phenoxy) is 3. The molecule has 3 rings (SSSR count). The van der Waals surface area contributed by atoms with E-state index in [1.165, 1.54) is 5.56 Å². The number of aliphatic hydroxyl groups is 4. The Labute approximate surface area is 213 Å². The molecule has 2 unspecified atom stereocenters. The Balaban J connectivity index is 1.74. The van der Waals surface area contributed by atoms with Gasteiger partial charge in [0, 0.05) is 14.2 Å². The average Bonchev–Trinajstić information content (AvgIpc) is 2.92. The summed E-state index contributed by atoms with van der Waals surface area (Å²) in [7, 11) is 0. The van der Waals surface area contributed by atoms with Crippen molar-refractivity contribution >= 4 is 5.97 Å². The van der Waals surface area contributed by atoms with Gasteiger partial charge in [-0.1, -0.05) is 63.1 Å². The highest BCUT2D eigenvalue weighted by atomic mass is 16.7. The molecule has 1 aliphatic heterocycles. The number of rotatable bonds is 12. The molecule has 1 aliphatic rings. The number of carbonyl (C=O) groups excluding carboxylic acids is 1. The molecule has 0 aliphatic carbocycles. The van der Waals surface area contributed by atoms with Crippen LogP contribution in [0.2, 0.25) is 0 Å². The summed E-state index contributed by atoms with van der Waals surface area (Å²) >= 11 is 0. The van der Waals surface area contributed by atoms with Gasteiger partial charge in [0.1, 0.15) is 36.8 Å². The Morgan fingerprint density at radius 2 is 1.67 bits per heavy atom. The van der Waals surface area contributed by atoms with Crippen LogP contribution in [0.4, 0.5) is 0 Å². The molecule has 2 aromatic carbocycles. The fourth-order valence-electron chi connectivity index (χ4n) is 3.99. The maximum atomic E-state index is 12.1. The summed E-state index contributed by atoms with van der Waals surface area (Å²) < 4.78 is 24.7. The molecule has 1 saturated heterocycles. The van der Waals surface area contributed by atoms with Crippen molar-refractivity contribution in [3.05, 3.63) is 64.7 Å². The number of hydrogen-bond donors (Lipinski definition) is 4. The van der Waals surface area contributed by atoms with Gasteiger partial charge in [0.2, 0.25) is 6.29 Å². The lowest BCUT2D eigenvalue weighted by atomic mass is 9.98. The minimum Gasteiger partial charge on any atom is -0.463 e. The Bertz CT molecular complexity index is 998. The molecule has 6 atom stereocenters. The molecular weight excluding hydrogens is 464 g/mol. The van der Waals surface area contributed by atoms with Gasteiger partial charge in [-0.15, -0.1) is 0 Å². The lowest BCUT2D eigenvalue weighted by molar-refractivity contribution is -0.278. The molecule has 2 aromatic rings. The monoisotopic (exact) mass is 503 g/mol. The van der Waals surface area contributed by atoms with Crippen LogP contribution in [0.25, 0.3) is 0 Å². The Morgan fingerprint density at radius 3 is 2.33 bits per heavy atom. The third-order valence-corrected chi connectivity index (χ3v) is 6.31. The third-order valence-electron chi connectivity index (χ3n) is 6.31. The van der Waals surface area contributed by atoms with E-state index in [1.807, 2.05) is 25.1 Å². The second kappa shape index (κ2) is 13.7. The molecule has 8 heteroatoms. The maximum absolute atomic E-state index is 12.1. The predicted molar refractivity (Wildman–Crippen MR) is 133 cm³/mol. The molecule has 36 heavy (non-hydrogen) atoms. The normalized spacial score (nSPS) is 25.2. The van der Waals surface area contributed by atoms with E-state index < -0.39 is 49.7 Å². The molecule has 1 fully saturated rings. The first-order valence-corrected chi connectivity index (χ1v) is 12.5. The third kappa shape index (κ3) is 7.51. The number of carbonyl (C=O) groups is 1. The fraction of sp³-hybridized carbons (Fsp3) is 0.536. The van der Waals surface area contributed by atoms with Crippen LogP contribution in [0.1, 0.15) is 63.1 Å². The van der Waals surface area contributed by atoms with Crippen LogP contribution in [-0.2, 0) is 33.7 Å². The second-order valence-electron chi connectivity index (χ2n) is 9.06. The minimum absolute atomic E-state index is 0.220. The van der Waals surface area contributed by atoms with Gasteiger partial charge in [0.05, 0.1) is 6.61 Å². The minimum atomic E-state index is -1.61. The number of aliphatic hydroxyl groups excluding tert-OH is 4. The van der Waals surface area contributed by atoms with E-state index in [9.17, 15) is 25.2 Å². The highest BCUT2D eigenvalue weighted by Gasteiger charge is 2.45. The Morgan fingerprint density at radius 1 is 0.972 bits per heavy atom. The molecule has 8 nitrogen and oxygen atoms in total. The molecule has 0 spiro atoms. The highest BCUT2D eigenvalue weighted by molar-refractivity contribution is 5.69. The summed E-state index contributed by atoms with van der Waals surface area (Å²) in [4.78, 5) is 12.1. The van der Waals surface area contributed by atoms with Gasteiger partial charge in [-0.25, -0.2) is 0 Å². The molecule has 0 saturated carbocycles. The number of benzene rings is 2. The molecule has 1 heterocycles. The zero-order chi connectivity index (χ0) is 26.9. The van der Waals surface area contributed by atoms with Gasteiger partial charge in [-0.05, 0) is 41.2 Å². The zero-order valence-corrected chi connectivity index (χ0v) is 20.9. The number of aryl methyl sites for hydroxylation is 1. The summed E-state index contributed by atoms with van der Waals surface area (Å²) in [5.74, 6) is -0.394. The Hall–Kier alpha value is -2.49. The topological polar surface area (TPSA) is 126 Å². The van der Waals surface area contributed by atoms with Crippen LogP contribution >= 0.6 is 0 Å². The van der Waals surface area contributed by atoms with E-state index in [2.05, 4.69) is 19.1 Å². The van der Waals surface area contributed by atoms with Crippen molar-refractivity contribution in [2.75, 3.05) is 6.61 Å². The van der Waals surface area contributed by atoms with Gasteiger partial charge >= 0.3 is 5.97 Å². The summed E-state index contributed by atoms with van der Waals surface area (Å²) in [5, 5.41) is 41.0. The van der Waals surface area contributed by atoms with Gasteiger partial charge in [-0.3, -0.25) is 4.79 Å². The van der Waals surface area contributed by atoms with Crippen molar-refractivity contribution in [3.8, 4) is 5.75 Å². The van der Waals surface area contributed by atoms with Crippen LogP contribution in [0, 0.1) is 0 Å². The first kappa shape index (κ1) is 26.6. The molecule has 0 aromatic heterocycles. The molecule has 198 valence electrons. The van der Waals surface area contributed by atoms with Gasteiger partial charge in [0.25, 0.3) is 0 Å². The highest BCUT2D eigenvalue weighted by Crippen LogP contribution is 2.29. The average molecular weight is 504 g/mol. The number of hydrogen-bond acceptors (Lipinski definition) is 8. The Kier molecular flexibility index (Phi) is 10.1. The molecular formula is C28H38O8. The smallest absolute Gasteiger partial charge is 0.305 e. The molecule has 0 amide bonds. The lowest BCUT2D eigenvalue weighted by Gasteiger charge is -2.40. The van der Waals surface area contributed by atoms with Gasteiger partial charge < -0.3 is 34.6 Å². The van der Waals surface area contributed by atoms with E-state index in [0.717, 1.165) is 24.0 Å². The predicted octanol–water partition coefficient (Wildman–Crippen LogP) is 2.64. The van der Waals surface area contributed by atoms with Gasteiger partial charge in [-0.2, -0.15) is 0 Å². The van der Waals surface area contributed by atoms with Crippen molar-refractivity contribution in [1.82, 2.24) is 0 Å². The van der Waals surface area contributed by atoms with E-state index >= 15 is 0 Å². The van der Waals surface area contributed by atoms with Crippen LogP contribution in [0.15, 0.2) is 42.5 Å². The molecule has 0 bridgehead atoms. The number of esters is 1. The van der Waals surface area contributed by atoms with Crippen LogP contribution in [0.3, 0.4) is 0 Å². The second-order valence-corrected chi connectivity index (χ2v) is 9.06. The van der Waals surface area contributed by atoms with Crippen molar-refractivity contribution in [1.29, 1.82) is 0 Å². The fourth-order valence-corrected chi connectivity index (χ4v) is 3.99. The van der Waals surface area contributed by atoms with Gasteiger partial charge in [0.15, 0.2) is 0 Å². The maximum Gasteiger partial charge on any atom is 0.305 e. The summed E-state index contributed by atoms with van der Waals surface area (Å²) in [6, 6.07) is 13.4. The summed E-state index contributed by atoms with van der Waals surface area (Å²) in [6.07, 6.45) is -4.93. The van der Waals surface area contributed by atoms with Crippen LogP contribution in [-0.4, -0.2) is 63.7 Å². The molecule has 4 N–H and O–H groups in total. The van der Waals surface area contributed by atoms with Crippen molar-refractivity contribution in [3.63, 3.8) is 0 Å². The largest absolute Gasteiger partial charge is 0.463 e. The van der Waals surface area contributed by atoms with E-state index in [-0.39, 0.29) is 6.61 Å². The standard InChI is InChI=1S/C28H38O8/c1-3-5-6-7-24(30)34-17-23-25(31)26(32)27(33)28(36-23)35-22-15-20(16-29)12-13-21(22)14-19-10-8-18(4-2)9-11-19/h8-13,15,23,25-29,31-33H,3-7,14,16-17H2,1-2H3/t23-,25-,26+,27-,28?/m1/s1/i7D/t7?,23-,25-,26+,27-,28?. The van der Waals surface area contributed by atoms with Crippen LogP contribution in [0.5, 0.6) is 5.75 Å². The zero-order valence-electron chi connectivity index (χ0n) is 21.9. The molecule has 0 radical (unpaired) electrons. The summed E-state index contributed by atoms with van der Waals surface area (Å²) in [6.45, 7) is 3.42. The van der Waals surface area contributed by atoms with Crippen LogP contribution < -0.4 is 4.74 Å². The van der Waals surface area contributed by atoms with Crippen molar-refractivity contribution in [2.45, 2.75) is 89.7 Å². The quantitative estimate of drug-likeness (QED) is 0.326. The number of unbranched alkanes of at least 4 members (excludes halogenated alkanes) is 1. The summed E-state index contributed by atoms with van der Waals surface area (Å²) in [5.41, 5.74) is 3.62. The van der Waals surface area contributed by atoms with E-state index in [4.69, 9.17) is 15.6 Å². The first-order chi connectivity index (χ1) is 17.8.